The first-order valence-electron chi connectivity index (χ1n) is 5.86. The Morgan fingerprint density at radius 2 is 2.17 bits per heavy atom. The van der Waals surface area contributed by atoms with Gasteiger partial charge in [0.05, 0.1) is 11.7 Å². The number of carboxylic acid groups (broad SMARTS) is 1. The van der Waals surface area contributed by atoms with Gasteiger partial charge in [-0.2, -0.15) is 0 Å². The Labute approximate surface area is 106 Å². The van der Waals surface area contributed by atoms with Gasteiger partial charge in [-0.1, -0.05) is 0 Å². The number of carboxylic acids is 1. The van der Waals surface area contributed by atoms with Gasteiger partial charge in [-0.15, -0.1) is 0 Å². The Hall–Kier alpha value is -1.69. The lowest BCUT2D eigenvalue weighted by molar-refractivity contribution is -0.0752. The van der Waals surface area contributed by atoms with Crippen LogP contribution in [0.1, 0.15) is 31.3 Å². The predicted molar refractivity (Wildman–Crippen MR) is 65.8 cm³/mol. The smallest absolute Gasteiger partial charge is 0.358 e. The van der Waals surface area contributed by atoms with Gasteiger partial charge in [0, 0.05) is 25.5 Å². The van der Waals surface area contributed by atoms with Crippen molar-refractivity contribution in [2.45, 2.75) is 32.5 Å². The number of ether oxygens (including phenoxy) is 1. The molecule has 1 aliphatic heterocycles. The van der Waals surface area contributed by atoms with Gasteiger partial charge in [-0.05, 0) is 20.8 Å². The molecule has 1 aliphatic rings. The van der Waals surface area contributed by atoms with Crippen LogP contribution < -0.4 is 4.90 Å². The minimum absolute atomic E-state index is 0.0117. The normalized spacial score (nSPS) is 22.8. The van der Waals surface area contributed by atoms with E-state index in [2.05, 4.69) is 9.97 Å². The highest BCUT2D eigenvalue weighted by molar-refractivity contribution is 5.90. The largest absolute Gasteiger partial charge is 0.476 e. The summed E-state index contributed by atoms with van der Waals surface area (Å²) in [7, 11) is 0. The van der Waals surface area contributed by atoms with Crippen molar-refractivity contribution in [1.82, 2.24) is 9.97 Å². The van der Waals surface area contributed by atoms with E-state index in [1.807, 2.05) is 25.7 Å². The molecule has 18 heavy (non-hydrogen) atoms. The zero-order valence-corrected chi connectivity index (χ0v) is 10.8. The first-order chi connectivity index (χ1) is 8.39. The fraction of sp³-hybridized carbons (Fsp3) is 0.583. The summed E-state index contributed by atoms with van der Waals surface area (Å²) in [4.78, 5) is 21.1. The third-order valence-electron chi connectivity index (χ3n) is 2.75. The maximum absolute atomic E-state index is 11.1. The van der Waals surface area contributed by atoms with E-state index in [9.17, 15) is 4.79 Å². The van der Waals surface area contributed by atoms with Crippen LogP contribution in [0.15, 0.2) is 12.4 Å². The van der Waals surface area contributed by atoms with Crippen molar-refractivity contribution in [2.75, 3.05) is 18.0 Å². The highest BCUT2D eigenvalue weighted by Crippen LogP contribution is 2.26. The SMILES string of the molecule is CC1CN(c2nccnc2C(=O)O)CC(C)(C)O1. The van der Waals surface area contributed by atoms with Gasteiger partial charge < -0.3 is 14.7 Å². The highest BCUT2D eigenvalue weighted by atomic mass is 16.5. The van der Waals surface area contributed by atoms with Crippen LogP contribution in [-0.4, -0.2) is 45.8 Å². The first-order valence-corrected chi connectivity index (χ1v) is 5.86. The topological polar surface area (TPSA) is 75.6 Å². The van der Waals surface area contributed by atoms with Crippen LogP contribution in [0.5, 0.6) is 0 Å². The van der Waals surface area contributed by atoms with E-state index in [1.165, 1.54) is 12.4 Å². The maximum Gasteiger partial charge on any atom is 0.358 e. The fourth-order valence-corrected chi connectivity index (χ4v) is 2.33. The Balaban J connectivity index is 2.34. The number of hydrogen-bond donors (Lipinski definition) is 1. The highest BCUT2D eigenvalue weighted by Gasteiger charge is 2.33. The van der Waals surface area contributed by atoms with Gasteiger partial charge in [0.2, 0.25) is 0 Å². The summed E-state index contributed by atoms with van der Waals surface area (Å²) in [5.41, 5.74) is -0.340. The molecule has 0 saturated carbocycles. The average molecular weight is 251 g/mol. The van der Waals surface area contributed by atoms with Gasteiger partial charge >= 0.3 is 5.97 Å². The third-order valence-corrected chi connectivity index (χ3v) is 2.75. The molecule has 1 unspecified atom stereocenters. The van der Waals surface area contributed by atoms with E-state index in [0.717, 1.165) is 0 Å². The molecular formula is C12H17N3O3. The van der Waals surface area contributed by atoms with Crippen LogP contribution in [0, 0.1) is 0 Å². The van der Waals surface area contributed by atoms with Crippen LogP contribution in [0.2, 0.25) is 0 Å². The van der Waals surface area contributed by atoms with Crippen molar-refractivity contribution in [1.29, 1.82) is 0 Å². The van der Waals surface area contributed by atoms with E-state index in [1.54, 1.807) is 0 Å². The Kier molecular flexibility index (Phi) is 3.21. The average Bonchev–Trinajstić information content (AvgIpc) is 2.26. The van der Waals surface area contributed by atoms with Crippen molar-refractivity contribution in [2.24, 2.45) is 0 Å². The van der Waals surface area contributed by atoms with Crippen LogP contribution in [-0.2, 0) is 4.74 Å². The molecule has 1 saturated heterocycles. The Bertz CT molecular complexity index is 462. The van der Waals surface area contributed by atoms with E-state index < -0.39 is 5.97 Å². The molecule has 0 bridgehead atoms. The molecule has 0 amide bonds. The molecule has 1 fully saturated rings. The Morgan fingerprint density at radius 1 is 1.50 bits per heavy atom. The molecule has 6 heteroatoms. The molecular weight excluding hydrogens is 234 g/mol. The minimum atomic E-state index is -1.06. The molecule has 2 rings (SSSR count). The molecule has 0 radical (unpaired) electrons. The molecule has 98 valence electrons. The Morgan fingerprint density at radius 3 is 2.78 bits per heavy atom. The monoisotopic (exact) mass is 251 g/mol. The second-order valence-corrected chi connectivity index (χ2v) is 5.10. The molecule has 0 aliphatic carbocycles. The molecule has 2 heterocycles. The molecule has 0 aromatic carbocycles. The molecule has 1 N–H and O–H groups in total. The lowest BCUT2D eigenvalue weighted by Gasteiger charge is -2.42. The summed E-state index contributed by atoms with van der Waals surface area (Å²) in [6.45, 7) is 7.13. The van der Waals surface area contributed by atoms with E-state index in [0.29, 0.717) is 18.9 Å². The number of nitrogens with zero attached hydrogens (tertiary/aromatic N) is 3. The number of aromatic nitrogens is 2. The van der Waals surface area contributed by atoms with Crippen molar-refractivity contribution in [3.05, 3.63) is 18.1 Å². The lowest BCUT2D eigenvalue weighted by atomic mass is 10.1. The third kappa shape index (κ3) is 2.59. The summed E-state index contributed by atoms with van der Waals surface area (Å²) in [6, 6.07) is 0. The van der Waals surface area contributed by atoms with Crippen LogP contribution in [0.3, 0.4) is 0 Å². The van der Waals surface area contributed by atoms with Crippen LogP contribution in [0.25, 0.3) is 0 Å². The summed E-state index contributed by atoms with van der Waals surface area (Å²) < 4.78 is 5.79. The second-order valence-electron chi connectivity index (χ2n) is 5.10. The van der Waals surface area contributed by atoms with Crippen molar-refractivity contribution in [3.63, 3.8) is 0 Å². The lowest BCUT2D eigenvalue weighted by Crippen LogP contribution is -2.52. The van der Waals surface area contributed by atoms with Gasteiger partial charge in [-0.25, -0.2) is 14.8 Å². The van der Waals surface area contributed by atoms with Crippen LogP contribution in [0.4, 0.5) is 5.82 Å². The molecule has 0 spiro atoms. The molecule has 6 nitrogen and oxygen atoms in total. The van der Waals surface area contributed by atoms with E-state index in [4.69, 9.17) is 9.84 Å². The second kappa shape index (κ2) is 4.53. The quantitative estimate of drug-likeness (QED) is 0.850. The van der Waals surface area contributed by atoms with Crippen molar-refractivity contribution < 1.29 is 14.6 Å². The van der Waals surface area contributed by atoms with Crippen molar-refractivity contribution in [3.8, 4) is 0 Å². The van der Waals surface area contributed by atoms with E-state index >= 15 is 0 Å². The number of anilines is 1. The maximum atomic E-state index is 11.1. The number of hydrogen-bond acceptors (Lipinski definition) is 5. The number of morpholine rings is 1. The summed E-state index contributed by atoms with van der Waals surface area (Å²) in [5.74, 6) is -0.650. The van der Waals surface area contributed by atoms with Gasteiger partial charge in [0.25, 0.3) is 0 Å². The number of carbonyl (C=O) groups is 1. The van der Waals surface area contributed by atoms with Gasteiger partial charge in [0.15, 0.2) is 11.5 Å². The fourth-order valence-electron chi connectivity index (χ4n) is 2.33. The van der Waals surface area contributed by atoms with Crippen molar-refractivity contribution >= 4 is 11.8 Å². The summed E-state index contributed by atoms with van der Waals surface area (Å²) >= 11 is 0. The molecule has 1 aromatic rings. The van der Waals surface area contributed by atoms with Crippen LogP contribution >= 0.6 is 0 Å². The summed E-state index contributed by atoms with van der Waals surface area (Å²) in [5, 5.41) is 9.13. The number of aromatic carboxylic acids is 1. The summed E-state index contributed by atoms with van der Waals surface area (Å²) in [6.07, 6.45) is 2.93. The molecule has 1 atom stereocenters. The van der Waals surface area contributed by atoms with Gasteiger partial charge in [-0.3, -0.25) is 0 Å². The molecule has 1 aromatic heterocycles. The van der Waals surface area contributed by atoms with E-state index in [-0.39, 0.29) is 17.4 Å². The minimum Gasteiger partial charge on any atom is -0.476 e. The standard InChI is InChI=1S/C12H17N3O3/c1-8-6-15(7-12(2,3)18-8)10-9(11(16)17)13-4-5-14-10/h4-5,8H,6-7H2,1-3H3,(H,16,17). The predicted octanol–water partition coefficient (Wildman–Crippen LogP) is 1.18. The zero-order valence-electron chi connectivity index (χ0n) is 10.8. The van der Waals surface area contributed by atoms with Gasteiger partial charge in [0.1, 0.15) is 0 Å². The first kappa shape index (κ1) is 12.8. The number of rotatable bonds is 2. The zero-order chi connectivity index (χ0) is 13.3.